The molecule has 2 nitrogen and oxygen atoms in total. The van der Waals surface area contributed by atoms with E-state index < -0.39 is 0 Å². The molecule has 0 spiro atoms. The first-order valence-electron chi connectivity index (χ1n) is 9.11. The summed E-state index contributed by atoms with van der Waals surface area (Å²) in [5.74, 6) is -0.0727. The van der Waals surface area contributed by atoms with Gasteiger partial charge in [-0.3, -0.25) is 4.79 Å². The highest BCUT2D eigenvalue weighted by atomic mass is 16.5. The summed E-state index contributed by atoms with van der Waals surface area (Å²) in [6.07, 6.45) is 20.6. The molecule has 0 aromatic rings. The van der Waals surface area contributed by atoms with E-state index >= 15 is 0 Å². The molecular formula is C19H36O2. The number of carbonyl (C=O) groups excluding carboxylic acids is 1. The van der Waals surface area contributed by atoms with Crippen LogP contribution in [0.2, 0.25) is 0 Å². The SMILES string of the molecule is CCCCCC/C=C\CCCCCCCCOC(=O)CC. The molecular weight excluding hydrogens is 260 g/mol. The van der Waals surface area contributed by atoms with Crippen molar-refractivity contribution < 1.29 is 9.53 Å². The molecule has 0 aliphatic carbocycles. The van der Waals surface area contributed by atoms with Crippen molar-refractivity contribution in [2.24, 2.45) is 0 Å². The van der Waals surface area contributed by atoms with Crippen LogP contribution in [-0.4, -0.2) is 12.6 Å². The minimum atomic E-state index is -0.0727. The average molecular weight is 296 g/mol. The third-order valence-electron chi connectivity index (χ3n) is 3.71. The van der Waals surface area contributed by atoms with E-state index in [1.165, 1.54) is 70.6 Å². The zero-order valence-corrected chi connectivity index (χ0v) is 14.4. The number of hydrogen-bond acceptors (Lipinski definition) is 2. The Bertz CT molecular complexity index is 246. The first kappa shape index (κ1) is 20.2. The molecule has 0 fully saturated rings. The largest absolute Gasteiger partial charge is 0.466 e. The summed E-state index contributed by atoms with van der Waals surface area (Å²) < 4.78 is 5.05. The molecule has 0 heterocycles. The predicted molar refractivity (Wildman–Crippen MR) is 91.5 cm³/mol. The first-order chi connectivity index (χ1) is 10.3. The van der Waals surface area contributed by atoms with Gasteiger partial charge in [-0.15, -0.1) is 0 Å². The number of ether oxygens (including phenoxy) is 1. The summed E-state index contributed by atoms with van der Waals surface area (Å²) >= 11 is 0. The topological polar surface area (TPSA) is 26.3 Å². The van der Waals surface area contributed by atoms with Crippen molar-refractivity contribution in [2.75, 3.05) is 6.61 Å². The van der Waals surface area contributed by atoms with Crippen molar-refractivity contribution in [1.29, 1.82) is 0 Å². The van der Waals surface area contributed by atoms with Crippen molar-refractivity contribution in [3.63, 3.8) is 0 Å². The number of carbonyl (C=O) groups is 1. The maximum atomic E-state index is 10.9. The van der Waals surface area contributed by atoms with Crippen LogP contribution in [0.1, 0.15) is 97.3 Å². The summed E-state index contributed by atoms with van der Waals surface area (Å²) in [4.78, 5) is 10.9. The summed E-state index contributed by atoms with van der Waals surface area (Å²) in [5, 5.41) is 0. The molecule has 0 radical (unpaired) electrons. The Balaban J connectivity index is 3.08. The standard InChI is InChI=1S/C19H36O2/c1-3-5-6-7-8-9-10-11-12-13-14-15-16-17-18-21-19(20)4-2/h9-10H,3-8,11-18H2,1-2H3/b10-9-. The minimum absolute atomic E-state index is 0.0727. The summed E-state index contributed by atoms with van der Waals surface area (Å²) in [5.41, 5.74) is 0. The maximum absolute atomic E-state index is 10.9. The minimum Gasteiger partial charge on any atom is -0.466 e. The lowest BCUT2D eigenvalue weighted by atomic mass is 10.1. The Morgan fingerprint density at radius 2 is 1.29 bits per heavy atom. The fourth-order valence-corrected chi connectivity index (χ4v) is 2.28. The fraction of sp³-hybridized carbons (Fsp3) is 0.842. The van der Waals surface area contributed by atoms with Gasteiger partial charge in [0.05, 0.1) is 6.61 Å². The zero-order valence-electron chi connectivity index (χ0n) is 14.4. The molecule has 0 aromatic carbocycles. The lowest BCUT2D eigenvalue weighted by molar-refractivity contribution is -0.143. The summed E-state index contributed by atoms with van der Waals surface area (Å²) in [6.45, 7) is 4.70. The van der Waals surface area contributed by atoms with Crippen molar-refractivity contribution in [3.8, 4) is 0 Å². The van der Waals surface area contributed by atoms with Gasteiger partial charge in [-0.1, -0.05) is 70.9 Å². The monoisotopic (exact) mass is 296 g/mol. The lowest BCUT2D eigenvalue weighted by Gasteiger charge is -2.03. The molecule has 0 saturated heterocycles. The van der Waals surface area contributed by atoms with E-state index in [2.05, 4.69) is 19.1 Å². The van der Waals surface area contributed by atoms with Gasteiger partial charge in [0.15, 0.2) is 0 Å². The van der Waals surface area contributed by atoms with Crippen LogP contribution < -0.4 is 0 Å². The van der Waals surface area contributed by atoms with Gasteiger partial charge in [-0.2, -0.15) is 0 Å². The molecule has 0 unspecified atom stereocenters. The van der Waals surface area contributed by atoms with E-state index in [-0.39, 0.29) is 5.97 Å². The molecule has 0 aliphatic rings. The van der Waals surface area contributed by atoms with Crippen LogP contribution in [0.25, 0.3) is 0 Å². The van der Waals surface area contributed by atoms with Crippen LogP contribution in [-0.2, 0) is 9.53 Å². The van der Waals surface area contributed by atoms with Crippen molar-refractivity contribution in [3.05, 3.63) is 12.2 Å². The van der Waals surface area contributed by atoms with Gasteiger partial charge in [-0.25, -0.2) is 0 Å². The van der Waals surface area contributed by atoms with E-state index in [0.29, 0.717) is 13.0 Å². The number of hydrogen-bond donors (Lipinski definition) is 0. The van der Waals surface area contributed by atoms with Crippen molar-refractivity contribution >= 4 is 5.97 Å². The predicted octanol–water partition coefficient (Wildman–Crippen LogP) is 6.20. The Morgan fingerprint density at radius 3 is 1.86 bits per heavy atom. The van der Waals surface area contributed by atoms with Gasteiger partial charge in [0.25, 0.3) is 0 Å². The highest BCUT2D eigenvalue weighted by Gasteiger charge is 1.97. The van der Waals surface area contributed by atoms with Crippen molar-refractivity contribution in [2.45, 2.75) is 97.3 Å². The molecule has 0 atom stereocenters. The molecule has 0 aromatic heterocycles. The van der Waals surface area contributed by atoms with Crippen LogP contribution in [0, 0.1) is 0 Å². The zero-order chi connectivity index (χ0) is 15.6. The van der Waals surface area contributed by atoms with E-state index in [4.69, 9.17) is 4.74 Å². The highest BCUT2D eigenvalue weighted by molar-refractivity contribution is 5.68. The first-order valence-corrected chi connectivity index (χ1v) is 9.11. The average Bonchev–Trinajstić information content (AvgIpc) is 2.50. The Labute approximate surface area is 132 Å². The third kappa shape index (κ3) is 17.2. The Kier molecular flexibility index (Phi) is 16.6. The second-order valence-corrected chi connectivity index (χ2v) is 5.80. The van der Waals surface area contributed by atoms with Crippen LogP contribution in [0.4, 0.5) is 0 Å². The molecule has 0 amide bonds. The van der Waals surface area contributed by atoms with Gasteiger partial charge < -0.3 is 4.74 Å². The molecule has 0 N–H and O–H groups in total. The number of esters is 1. The molecule has 2 heteroatoms. The normalized spacial score (nSPS) is 11.1. The van der Waals surface area contributed by atoms with Gasteiger partial charge in [0, 0.05) is 6.42 Å². The fourth-order valence-electron chi connectivity index (χ4n) is 2.28. The lowest BCUT2D eigenvalue weighted by Crippen LogP contribution is -2.03. The van der Waals surface area contributed by atoms with Crippen molar-refractivity contribution in [1.82, 2.24) is 0 Å². The van der Waals surface area contributed by atoms with E-state index in [1.807, 2.05) is 6.92 Å². The van der Waals surface area contributed by atoms with Crippen LogP contribution in [0.15, 0.2) is 12.2 Å². The second-order valence-electron chi connectivity index (χ2n) is 5.80. The molecule has 21 heavy (non-hydrogen) atoms. The number of rotatable bonds is 15. The van der Waals surface area contributed by atoms with Crippen LogP contribution in [0.5, 0.6) is 0 Å². The van der Waals surface area contributed by atoms with E-state index in [0.717, 1.165) is 6.42 Å². The molecule has 0 bridgehead atoms. The Morgan fingerprint density at radius 1 is 0.762 bits per heavy atom. The smallest absolute Gasteiger partial charge is 0.305 e. The summed E-state index contributed by atoms with van der Waals surface area (Å²) in [7, 11) is 0. The third-order valence-corrected chi connectivity index (χ3v) is 3.71. The summed E-state index contributed by atoms with van der Waals surface area (Å²) in [6, 6.07) is 0. The van der Waals surface area contributed by atoms with E-state index in [1.54, 1.807) is 0 Å². The van der Waals surface area contributed by atoms with Crippen LogP contribution in [0.3, 0.4) is 0 Å². The molecule has 0 aliphatic heterocycles. The maximum Gasteiger partial charge on any atom is 0.305 e. The van der Waals surface area contributed by atoms with Gasteiger partial charge in [0.2, 0.25) is 0 Å². The van der Waals surface area contributed by atoms with Gasteiger partial charge in [0.1, 0.15) is 0 Å². The van der Waals surface area contributed by atoms with Crippen LogP contribution >= 0.6 is 0 Å². The molecule has 0 saturated carbocycles. The molecule has 124 valence electrons. The van der Waals surface area contributed by atoms with E-state index in [9.17, 15) is 4.79 Å². The highest BCUT2D eigenvalue weighted by Crippen LogP contribution is 2.09. The molecule has 0 rings (SSSR count). The van der Waals surface area contributed by atoms with Gasteiger partial charge >= 0.3 is 5.97 Å². The second kappa shape index (κ2) is 17.3. The Hall–Kier alpha value is -0.790. The van der Waals surface area contributed by atoms with Gasteiger partial charge in [-0.05, 0) is 32.1 Å². The number of unbranched alkanes of at least 4 members (excludes halogenated alkanes) is 10. The number of allylic oxidation sites excluding steroid dienone is 2. The quantitative estimate of drug-likeness (QED) is 0.204.